The van der Waals surface area contributed by atoms with Gasteiger partial charge in [-0.2, -0.15) is 5.10 Å². The van der Waals surface area contributed by atoms with Crippen LogP contribution in [0, 0.1) is 0 Å². The molecular weight excluding hydrogens is 178 g/mol. The number of likely N-dealkylation sites (N-methyl/N-ethyl adjacent to an activating group) is 1. The monoisotopic (exact) mass is 197 g/mol. The van der Waals surface area contributed by atoms with E-state index < -0.39 is 0 Å². The molecule has 4 heteroatoms. The lowest BCUT2D eigenvalue weighted by Crippen LogP contribution is -2.22. The largest absolute Gasteiger partial charge is 0.395 e. The van der Waals surface area contributed by atoms with Gasteiger partial charge in [0.2, 0.25) is 0 Å². The molecule has 0 aliphatic heterocycles. The van der Waals surface area contributed by atoms with Crippen molar-refractivity contribution in [1.82, 2.24) is 14.7 Å². The Morgan fingerprint density at radius 3 is 2.79 bits per heavy atom. The summed E-state index contributed by atoms with van der Waals surface area (Å²) in [7, 11) is 3.95. The van der Waals surface area contributed by atoms with Gasteiger partial charge in [-0.3, -0.25) is 9.58 Å². The predicted molar refractivity (Wildman–Crippen MR) is 56.0 cm³/mol. The van der Waals surface area contributed by atoms with Crippen molar-refractivity contribution >= 4 is 0 Å². The molecule has 0 spiro atoms. The highest BCUT2D eigenvalue weighted by atomic mass is 16.3. The smallest absolute Gasteiger partial charge is 0.0625 e. The van der Waals surface area contributed by atoms with Crippen LogP contribution in [-0.4, -0.2) is 40.0 Å². The Balaban J connectivity index is 2.61. The van der Waals surface area contributed by atoms with E-state index in [0.717, 1.165) is 18.7 Å². The highest BCUT2D eigenvalue weighted by Gasteiger charge is 2.06. The van der Waals surface area contributed by atoms with Crippen molar-refractivity contribution in [2.24, 2.45) is 7.05 Å². The molecule has 0 radical (unpaired) electrons. The highest BCUT2D eigenvalue weighted by Crippen LogP contribution is 2.06. The molecular formula is C10H19N3O. The van der Waals surface area contributed by atoms with Gasteiger partial charge in [0.15, 0.2) is 0 Å². The molecule has 1 aromatic heterocycles. The van der Waals surface area contributed by atoms with Gasteiger partial charge in [0.25, 0.3) is 0 Å². The molecule has 1 N–H and O–H groups in total. The van der Waals surface area contributed by atoms with Crippen molar-refractivity contribution < 1.29 is 5.11 Å². The summed E-state index contributed by atoms with van der Waals surface area (Å²) >= 11 is 0. The summed E-state index contributed by atoms with van der Waals surface area (Å²) in [4.78, 5) is 2.08. The first-order valence-electron chi connectivity index (χ1n) is 4.98. The highest BCUT2D eigenvalue weighted by molar-refractivity contribution is 5.09. The molecule has 0 bridgehead atoms. The maximum Gasteiger partial charge on any atom is 0.0625 e. The molecule has 0 saturated carbocycles. The van der Waals surface area contributed by atoms with Crippen LogP contribution in [0.15, 0.2) is 6.07 Å². The molecule has 0 fully saturated rings. The van der Waals surface area contributed by atoms with Gasteiger partial charge >= 0.3 is 0 Å². The van der Waals surface area contributed by atoms with E-state index in [4.69, 9.17) is 5.11 Å². The summed E-state index contributed by atoms with van der Waals surface area (Å²) in [6, 6.07) is 2.12. The minimum absolute atomic E-state index is 0.203. The summed E-state index contributed by atoms with van der Waals surface area (Å²) in [6.07, 6.45) is 0.970. The summed E-state index contributed by atoms with van der Waals surface area (Å²) in [5.41, 5.74) is 2.32. The normalized spacial score (nSPS) is 11.2. The van der Waals surface area contributed by atoms with Gasteiger partial charge in [0.05, 0.1) is 18.0 Å². The zero-order valence-electron chi connectivity index (χ0n) is 9.19. The fraction of sp³-hybridized carbons (Fsp3) is 0.700. The minimum Gasteiger partial charge on any atom is -0.395 e. The lowest BCUT2D eigenvalue weighted by atomic mass is 10.3. The second-order valence-electron chi connectivity index (χ2n) is 3.57. The molecule has 0 atom stereocenters. The zero-order chi connectivity index (χ0) is 10.6. The second kappa shape index (κ2) is 5.12. The van der Waals surface area contributed by atoms with Crippen LogP contribution in [0.3, 0.4) is 0 Å². The van der Waals surface area contributed by atoms with Crippen LogP contribution in [-0.2, 0) is 20.0 Å². The van der Waals surface area contributed by atoms with Crippen molar-refractivity contribution in [3.05, 3.63) is 17.5 Å². The first kappa shape index (κ1) is 11.2. The maximum atomic E-state index is 8.77. The Morgan fingerprint density at radius 2 is 2.29 bits per heavy atom. The first-order valence-corrected chi connectivity index (χ1v) is 4.98. The Labute approximate surface area is 85.1 Å². The van der Waals surface area contributed by atoms with E-state index in [0.29, 0.717) is 6.54 Å². The third-order valence-corrected chi connectivity index (χ3v) is 2.30. The van der Waals surface area contributed by atoms with Crippen LogP contribution in [0.5, 0.6) is 0 Å². The summed E-state index contributed by atoms with van der Waals surface area (Å²) < 4.78 is 1.91. The van der Waals surface area contributed by atoms with Gasteiger partial charge < -0.3 is 5.11 Å². The second-order valence-corrected chi connectivity index (χ2v) is 3.57. The van der Waals surface area contributed by atoms with Gasteiger partial charge in [-0.05, 0) is 19.5 Å². The predicted octanol–water partition coefficient (Wildman–Crippen LogP) is 0.407. The fourth-order valence-corrected chi connectivity index (χ4v) is 1.42. The molecule has 1 aromatic rings. The Kier molecular flexibility index (Phi) is 4.10. The molecule has 1 heterocycles. The Morgan fingerprint density at radius 1 is 1.57 bits per heavy atom. The molecule has 4 nitrogen and oxygen atoms in total. The van der Waals surface area contributed by atoms with Gasteiger partial charge in [-0.25, -0.2) is 0 Å². The number of aromatic nitrogens is 2. The Bertz CT molecular complexity index is 283. The standard InChI is InChI=1S/C10H19N3O/c1-4-9-7-10(13(3)11-9)8-12(2)5-6-14/h7,14H,4-6,8H2,1-3H3. The SMILES string of the molecule is CCc1cc(CN(C)CCO)n(C)n1. The third kappa shape index (κ3) is 2.82. The van der Waals surface area contributed by atoms with Crippen molar-refractivity contribution in [3.8, 4) is 0 Å². The van der Waals surface area contributed by atoms with Crippen LogP contribution in [0.4, 0.5) is 0 Å². The maximum absolute atomic E-state index is 8.77. The van der Waals surface area contributed by atoms with E-state index in [2.05, 4.69) is 23.0 Å². The van der Waals surface area contributed by atoms with Crippen molar-refractivity contribution in [2.45, 2.75) is 19.9 Å². The summed E-state index contributed by atoms with van der Waals surface area (Å²) in [6.45, 7) is 3.84. The van der Waals surface area contributed by atoms with Crippen molar-refractivity contribution in [3.63, 3.8) is 0 Å². The quantitative estimate of drug-likeness (QED) is 0.743. The average molecular weight is 197 g/mol. The van der Waals surface area contributed by atoms with Crippen LogP contribution in [0.25, 0.3) is 0 Å². The number of nitrogens with zero attached hydrogens (tertiary/aromatic N) is 3. The fourth-order valence-electron chi connectivity index (χ4n) is 1.42. The Hall–Kier alpha value is -0.870. The van der Waals surface area contributed by atoms with Gasteiger partial charge in [0.1, 0.15) is 0 Å². The van der Waals surface area contributed by atoms with E-state index in [-0.39, 0.29) is 6.61 Å². The van der Waals surface area contributed by atoms with Crippen LogP contribution in [0.2, 0.25) is 0 Å². The lowest BCUT2D eigenvalue weighted by molar-refractivity contribution is 0.214. The molecule has 80 valence electrons. The third-order valence-electron chi connectivity index (χ3n) is 2.30. The number of aryl methyl sites for hydroxylation is 2. The van der Waals surface area contributed by atoms with Crippen LogP contribution in [0.1, 0.15) is 18.3 Å². The van der Waals surface area contributed by atoms with Gasteiger partial charge in [-0.1, -0.05) is 6.92 Å². The lowest BCUT2D eigenvalue weighted by Gasteiger charge is -2.14. The van der Waals surface area contributed by atoms with Crippen molar-refractivity contribution in [1.29, 1.82) is 0 Å². The molecule has 1 rings (SSSR count). The minimum atomic E-state index is 0.203. The molecule has 0 aliphatic carbocycles. The average Bonchev–Trinajstić information content (AvgIpc) is 2.48. The number of aliphatic hydroxyl groups excluding tert-OH is 1. The van der Waals surface area contributed by atoms with E-state index in [1.807, 2.05) is 18.8 Å². The van der Waals surface area contributed by atoms with E-state index in [9.17, 15) is 0 Å². The molecule has 0 amide bonds. The van der Waals surface area contributed by atoms with Crippen molar-refractivity contribution in [2.75, 3.05) is 20.2 Å². The number of hydrogen-bond donors (Lipinski definition) is 1. The number of hydrogen-bond acceptors (Lipinski definition) is 3. The summed E-state index contributed by atoms with van der Waals surface area (Å²) in [5.74, 6) is 0. The first-order chi connectivity index (χ1) is 6.67. The van der Waals surface area contributed by atoms with Crippen LogP contribution < -0.4 is 0 Å². The zero-order valence-corrected chi connectivity index (χ0v) is 9.19. The molecule has 0 unspecified atom stereocenters. The van der Waals surface area contributed by atoms with E-state index in [1.54, 1.807) is 0 Å². The van der Waals surface area contributed by atoms with Gasteiger partial charge in [0, 0.05) is 20.1 Å². The van der Waals surface area contributed by atoms with Crippen LogP contribution >= 0.6 is 0 Å². The number of aliphatic hydroxyl groups is 1. The molecule has 14 heavy (non-hydrogen) atoms. The molecule has 0 aliphatic rings. The van der Waals surface area contributed by atoms with E-state index in [1.165, 1.54) is 5.69 Å². The van der Waals surface area contributed by atoms with E-state index >= 15 is 0 Å². The topological polar surface area (TPSA) is 41.3 Å². The summed E-state index contributed by atoms with van der Waals surface area (Å²) in [5, 5.41) is 13.1. The number of rotatable bonds is 5. The molecule has 0 saturated heterocycles. The molecule has 0 aromatic carbocycles. The van der Waals surface area contributed by atoms with Gasteiger partial charge in [-0.15, -0.1) is 0 Å².